The third-order valence-corrected chi connectivity index (χ3v) is 3.25. The Morgan fingerprint density at radius 2 is 2.32 bits per heavy atom. The number of benzene rings is 1. The van der Waals surface area contributed by atoms with E-state index in [1.54, 1.807) is 0 Å². The highest BCUT2D eigenvalue weighted by atomic mass is 35.5. The number of nitrogens with two attached hydrogens (primary N) is 1. The van der Waals surface area contributed by atoms with Crippen LogP contribution >= 0.6 is 11.6 Å². The van der Waals surface area contributed by atoms with E-state index in [0.717, 1.165) is 6.42 Å². The van der Waals surface area contributed by atoms with Crippen molar-refractivity contribution in [2.75, 3.05) is 17.6 Å². The molecule has 1 saturated heterocycles. The van der Waals surface area contributed by atoms with Gasteiger partial charge in [0.05, 0.1) is 16.3 Å². The molecular formula is C12H14ClN3O3. The highest BCUT2D eigenvalue weighted by Gasteiger charge is 2.22. The van der Waals surface area contributed by atoms with Crippen LogP contribution in [0.25, 0.3) is 0 Å². The quantitative estimate of drug-likeness (QED) is 0.624. The van der Waals surface area contributed by atoms with E-state index in [9.17, 15) is 9.59 Å². The molecule has 1 amide bonds. The van der Waals surface area contributed by atoms with Crippen LogP contribution in [0.3, 0.4) is 0 Å². The smallest absolute Gasteiger partial charge is 0.337 e. The zero-order chi connectivity index (χ0) is 14.0. The van der Waals surface area contributed by atoms with Crippen molar-refractivity contribution in [3.8, 4) is 0 Å². The first-order valence-corrected chi connectivity index (χ1v) is 6.20. The summed E-state index contributed by atoms with van der Waals surface area (Å²) in [6, 6.07) is 2.83. The van der Waals surface area contributed by atoms with Crippen LogP contribution in [-0.2, 0) is 4.79 Å². The summed E-state index contributed by atoms with van der Waals surface area (Å²) in [5.74, 6) is -1.10. The lowest BCUT2D eigenvalue weighted by Gasteiger charge is -2.16. The number of anilines is 2. The Morgan fingerprint density at radius 3 is 2.89 bits per heavy atom. The van der Waals surface area contributed by atoms with Gasteiger partial charge in [-0.2, -0.15) is 0 Å². The normalized spacial score (nSPS) is 18.2. The standard InChI is InChI=1S/C12H14ClN3O3/c13-9-4-6(14)3-8(12(18)19)11(9)15-5-7-1-2-10(17)16-7/h3-4,7,15H,1-2,5,14H2,(H,16,17)(H,18,19). The van der Waals surface area contributed by atoms with E-state index in [-0.39, 0.29) is 22.5 Å². The molecule has 1 fully saturated rings. The third kappa shape index (κ3) is 3.08. The first-order chi connectivity index (χ1) is 8.97. The van der Waals surface area contributed by atoms with Crippen molar-refractivity contribution in [2.24, 2.45) is 0 Å². The van der Waals surface area contributed by atoms with Crippen LogP contribution in [0.15, 0.2) is 12.1 Å². The van der Waals surface area contributed by atoms with Crippen molar-refractivity contribution >= 4 is 34.9 Å². The van der Waals surface area contributed by atoms with Crippen molar-refractivity contribution in [1.82, 2.24) is 5.32 Å². The molecule has 1 aliphatic heterocycles. The molecule has 0 radical (unpaired) electrons. The Labute approximate surface area is 114 Å². The summed E-state index contributed by atoms with van der Waals surface area (Å²) >= 11 is 6.00. The van der Waals surface area contributed by atoms with Crippen LogP contribution in [-0.4, -0.2) is 29.6 Å². The number of rotatable bonds is 4. The van der Waals surface area contributed by atoms with Gasteiger partial charge in [0.15, 0.2) is 0 Å². The number of carboxylic acid groups (broad SMARTS) is 1. The van der Waals surface area contributed by atoms with Crippen LogP contribution in [0.4, 0.5) is 11.4 Å². The van der Waals surface area contributed by atoms with E-state index < -0.39 is 5.97 Å². The van der Waals surface area contributed by atoms with E-state index in [4.69, 9.17) is 22.4 Å². The topological polar surface area (TPSA) is 104 Å². The van der Waals surface area contributed by atoms with Crippen molar-refractivity contribution in [3.05, 3.63) is 22.7 Å². The van der Waals surface area contributed by atoms with Crippen molar-refractivity contribution in [3.63, 3.8) is 0 Å². The number of carbonyl (C=O) groups excluding carboxylic acids is 1. The summed E-state index contributed by atoms with van der Waals surface area (Å²) in [7, 11) is 0. The minimum absolute atomic E-state index is 0.00802. The lowest BCUT2D eigenvalue weighted by molar-refractivity contribution is -0.119. The molecule has 6 nitrogen and oxygen atoms in total. The molecule has 7 heteroatoms. The minimum Gasteiger partial charge on any atom is -0.478 e. The first-order valence-electron chi connectivity index (χ1n) is 5.83. The number of hydrogen-bond acceptors (Lipinski definition) is 4. The maximum atomic E-state index is 11.2. The van der Waals surface area contributed by atoms with Gasteiger partial charge in [-0.05, 0) is 18.6 Å². The molecule has 0 bridgehead atoms. The fraction of sp³-hybridized carbons (Fsp3) is 0.333. The van der Waals surface area contributed by atoms with Gasteiger partial charge in [-0.3, -0.25) is 4.79 Å². The number of nitrogens with one attached hydrogen (secondary N) is 2. The fourth-order valence-corrected chi connectivity index (χ4v) is 2.33. The number of nitrogen functional groups attached to an aromatic ring is 1. The van der Waals surface area contributed by atoms with Gasteiger partial charge in [0, 0.05) is 24.7 Å². The van der Waals surface area contributed by atoms with Gasteiger partial charge in [0.2, 0.25) is 5.91 Å². The van der Waals surface area contributed by atoms with E-state index in [2.05, 4.69) is 10.6 Å². The van der Waals surface area contributed by atoms with Gasteiger partial charge < -0.3 is 21.5 Å². The molecule has 1 heterocycles. The van der Waals surface area contributed by atoms with Crippen LogP contribution in [0.1, 0.15) is 23.2 Å². The molecule has 5 N–H and O–H groups in total. The molecule has 102 valence electrons. The first kappa shape index (κ1) is 13.5. The molecule has 19 heavy (non-hydrogen) atoms. The van der Waals surface area contributed by atoms with Gasteiger partial charge >= 0.3 is 5.97 Å². The van der Waals surface area contributed by atoms with E-state index in [1.807, 2.05) is 0 Å². The van der Waals surface area contributed by atoms with Crippen molar-refractivity contribution < 1.29 is 14.7 Å². The molecular weight excluding hydrogens is 270 g/mol. The van der Waals surface area contributed by atoms with E-state index in [1.165, 1.54) is 12.1 Å². The highest BCUT2D eigenvalue weighted by Crippen LogP contribution is 2.29. The van der Waals surface area contributed by atoms with Gasteiger partial charge in [0.1, 0.15) is 0 Å². The molecule has 1 aromatic carbocycles. The second-order valence-electron chi connectivity index (χ2n) is 4.41. The van der Waals surface area contributed by atoms with Gasteiger partial charge in [0.25, 0.3) is 0 Å². The predicted octanol–water partition coefficient (Wildman–Crippen LogP) is 1.31. The maximum Gasteiger partial charge on any atom is 0.337 e. The summed E-state index contributed by atoms with van der Waals surface area (Å²) in [6.45, 7) is 0.426. The van der Waals surface area contributed by atoms with E-state index in [0.29, 0.717) is 24.3 Å². The zero-order valence-electron chi connectivity index (χ0n) is 10.1. The summed E-state index contributed by atoms with van der Waals surface area (Å²) in [5.41, 5.74) is 6.21. The zero-order valence-corrected chi connectivity index (χ0v) is 10.8. The van der Waals surface area contributed by atoms with Crippen LogP contribution in [0.2, 0.25) is 5.02 Å². The lowest BCUT2D eigenvalue weighted by atomic mass is 10.1. The van der Waals surface area contributed by atoms with E-state index >= 15 is 0 Å². The largest absolute Gasteiger partial charge is 0.478 e. The molecule has 0 aliphatic carbocycles. The molecule has 1 atom stereocenters. The molecule has 2 rings (SSSR count). The Hall–Kier alpha value is -1.95. The van der Waals surface area contributed by atoms with Gasteiger partial charge in [-0.25, -0.2) is 4.79 Å². The molecule has 1 aliphatic rings. The number of amides is 1. The number of halogens is 1. The predicted molar refractivity (Wildman–Crippen MR) is 72.5 cm³/mol. The maximum absolute atomic E-state index is 11.2. The SMILES string of the molecule is Nc1cc(Cl)c(NCC2CCC(=O)N2)c(C(=O)O)c1. The summed E-state index contributed by atoms with van der Waals surface area (Å²) < 4.78 is 0. The fourth-order valence-electron chi connectivity index (χ4n) is 2.03. The van der Waals surface area contributed by atoms with Crippen LogP contribution in [0, 0.1) is 0 Å². The summed E-state index contributed by atoms with van der Waals surface area (Å²) in [4.78, 5) is 22.2. The van der Waals surface area contributed by atoms with Crippen LogP contribution in [0.5, 0.6) is 0 Å². The molecule has 0 saturated carbocycles. The number of hydrogen-bond donors (Lipinski definition) is 4. The average molecular weight is 284 g/mol. The number of carbonyl (C=O) groups is 2. The minimum atomic E-state index is -1.10. The monoisotopic (exact) mass is 283 g/mol. The Balaban J connectivity index is 2.15. The second kappa shape index (κ2) is 5.36. The number of aromatic carboxylic acids is 1. The second-order valence-corrected chi connectivity index (χ2v) is 4.82. The Kier molecular flexibility index (Phi) is 3.80. The van der Waals surface area contributed by atoms with Crippen molar-refractivity contribution in [1.29, 1.82) is 0 Å². The molecule has 1 unspecified atom stereocenters. The van der Waals surface area contributed by atoms with Gasteiger partial charge in [-0.1, -0.05) is 11.6 Å². The summed E-state index contributed by atoms with van der Waals surface area (Å²) in [5, 5.41) is 15.1. The molecule has 0 spiro atoms. The summed E-state index contributed by atoms with van der Waals surface area (Å²) in [6.07, 6.45) is 1.22. The lowest BCUT2D eigenvalue weighted by Crippen LogP contribution is -2.32. The van der Waals surface area contributed by atoms with Crippen molar-refractivity contribution in [2.45, 2.75) is 18.9 Å². The molecule has 1 aromatic rings. The van der Waals surface area contributed by atoms with Gasteiger partial charge in [-0.15, -0.1) is 0 Å². The molecule has 0 aromatic heterocycles. The van der Waals surface area contributed by atoms with Crippen LogP contribution < -0.4 is 16.4 Å². The highest BCUT2D eigenvalue weighted by molar-refractivity contribution is 6.34. The average Bonchev–Trinajstić information content (AvgIpc) is 2.73. The Morgan fingerprint density at radius 1 is 1.58 bits per heavy atom. The number of carboxylic acids is 1. The Bertz CT molecular complexity index is 533. The third-order valence-electron chi connectivity index (χ3n) is 2.95.